The molecular formula is C5H4N2O2. The summed E-state index contributed by atoms with van der Waals surface area (Å²) in [5.74, 6) is 1.16. The normalized spacial score (nSPS) is 13.8. The van der Waals surface area contributed by atoms with Crippen LogP contribution in [0.25, 0.3) is 0 Å². The molecule has 1 aromatic rings. The van der Waals surface area contributed by atoms with Gasteiger partial charge in [0.1, 0.15) is 6.33 Å². The van der Waals surface area contributed by atoms with E-state index in [1.165, 1.54) is 6.33 Å². The van der Waals surface area contributed by atoms with Crippen molar-refractivity contribution in [2.45, 2.75) is 0 Å². The molecule has 2 heterocycles. The maximum atomic E-state index is 4.95. The van der Waals surface area contributed by atoms with Crippen LogP contribution in [-0.2, 0) is 0 Å². The Bertz CT molecular complexity index is 203. The van der Waals surface area contributed by atoms with E-state index in [2.05, 4.69) is 9.97 Å². The quantitative estimate of drug-likeness (QED) is 0.495. The number of rotatable bonds is 0. The molecule has 0 amide bonds. The first kappa shape index (κ1) is 4.55. The molecule has 0 saturated heterocycles. The average molecular weight is 124 g/mol. The van der Waals surface area contributed by atoms with Crippen LogP contribution < -0.4 is 9.47 Å². The first-order valence-corrected chi connectivity index (χ1v) is 2.52. The lowest BCUT2D eigenvalue weighted by Crippen LogP contribution is -1.93. The van der Waals surface area contributed by atoms with Crippen LogP contribution in [0.1, 0.15) is 0 Å². The largest absolute Gasteiger partial charge is 0.450 e. The summed E-state index contributed by atoms with van der Waals surface area (Å²) in [7, 11) is 0. The molecule has 0 unspecified atom stereocenters. The molecule has 4 nitrogen and oxygen atoms in total. The molecule has 1 aliphatic rings. The van der Waals surface area contributed by atoms with E-state index in [4.69, 9.17) is 9.47 Å². The smallest absolute Gasteiger partial charge is 0.263 e. The maximum absolute atomic E-state index is 4.95. The molecule has 0 fully saturated rings. The van der Waals surface area contributed by atoms with E-state index < -0.39 is 0 Å². The number of hydrogen-bond acceptors (Lipinski definition) is 4. The summed E-state index contributed by atoms with van der Waals surface area (Å²) in [5.41, 5.74) is 0. The Hall–Kier alpha value is -1.32. The summed E-state index contributed by atoms with van der Waals surface area (Å²) in [6.45, 7) is 0.258. The van der Waals surface area contributed by atoms with Crippen molar-refractivity contribution in [3.05, 3.63) is 12.5 Å². The van der Waals surface area contributed by atoms with Gasteiger partial charge in [0, 0.05) is 0 Å². The molecule has 4 heteroatoms. The van der Waals surface area contributed by atoms with Gasteiger partial charge >= 0.3 is 0 Å². The van der Waals surface area contributed by atoms with Gasteiger partial charge in [0.05, 0.1) is 6.20 Å². The lowest BCUT2D eigenvalue weighted by atomic mass is 10.6. The van der Waals surface area contributed by atoms with Gasteiger partial charge in [0.15, 0.2) is 0 Å². The van der Waals surface area contributed by atoms with Crippen molar-refractivity contribution in [1.29, 1.82) is 0 Å². The second-order valence-corrected chi connectivity index (χ2v) is 1.60. The molecule has 1 aromatic heterocycles. The van der Waals surface area contributed by atoms with Crippen molar-refractivity contribution in [1.82, 2.24) is 9.97 Å². The Morgan fingerprint density at radius 2 is 2.44 bits per heavy atom. The zero-order chi connectivity index (χ0) is 6.10. The highest BCUT2D eigenvalue weighted by molar-refractivity contribution is 5.31. The van der Waals surface area contributed by atoms with Crippen LogP contribution in [0.3, 0.4) is 0 Å². The van der Waals surface area contributed by atoms with Gasteiger partial charge in [-0.05, 0) is 0 Å². The van der Waals surface area contributed by atoms with Crippen molar-refractivity contribution < 1.29 is 9.47 Å². The predicted molar refractivity (Wildman–Crippen MR) is 28.2 cm³/mol. The summed E-state index contributed by atoms with van der Waals surface area (Å²) >= 11 is 0. The summed E-state index contributed by atoms with van der Waals surface area (Å²) in [6.07, 6.45) is 3.00. The molecule has 0 spiro atoms. The molecule has 0 radical (unpaired) electrons. The van der Waals surface area contributed by atoms with Gasteiger partial charge in [-0.3, -0.25) is 0 Å². The van der Waals surface area contributed by atoms with Crippen LogP contribution in [0.2, 0.25) is 0 Å². The fourth-order valence-electron chi connectivity index (χ4n) is 0.662. The van der Waals surface area contributed by atoms with Crippen molar-refractivity contribution in [2.75, 3.05) is 6.79 Å². The highest BCUT2D eigenvalue weighted by Crippen LogP contribution is 2.26. The first-order valence-electron chi connectivity index (χ1n) is 2.52. The highest BCUT2D eigenvalue weighted by Gasteiger charge is 2.12. The molecule has 46 valence electrons. The Kier molecular flexibility index (Phi) is 0.798. The Balaban J connectivity index is 2.54. The zero-order valence-corrected chi connectivity index (χ0v) is 4.57. The molecule has 0 bridgehead atoms. The van der Waals surface area contributed by atoms with Crippen LogP contribution in [0.4, 0.5) is 0 Å². The standard InChI is InChI=1S/C5H4N2O2/c1-4-5(7-2-6-1)9-3-8-4/h1-2H,3H2. The molecule has 1 aliphatic heterocycles. The van der Waals surface area contributed by atoms with Crippen molar-refractivity contribution in [3.8, 4) is 11.6 Å². The monoisotopic (exact) mass is 124 g/mol. The van der Waals surface area contributed by atoms with Crippen LogP contribution in [0, 0.1) is 0 Å². The molecule has 2 rings (SSSR count). The molecule has 0 atom stereocenters. The highest BCUT2D eigenvalue weighted by atomic mass is 16.7. The number of aromatic nitrogens is 2. The fourth-order valence-corrected chi connectivity index (χ4v) is 0.662. The Morgan fingerprint density at radius 3 is 3.33 bits per heavy atom. The maximum Gasteiger partial charge on any atom is 0.263 e. The molecular weight excluding hydrogens is 120 g/mol. The number of nitrogens with zero attached hydrogens (tertiary/aromatic N) is 2. The van der Waals surface area contributed by atoms with Crippen LogP contribution in [-0.4, -0.2) is 16.8 Å². The lowest BCUT2D eigenvalue weighted by Gasteiger charge is -1.87. The van der Waals surface area contributed by atoms with E-state index in [0.717, 1.165) is 0 Å². The SMILES string of the molecule is c1ncc2c(n1)OCO2. The van der Waals surface area contributed by atoms with Crippen molar-refractivity contribution in [3.63, 3.8) is 0 Å². The minimum absolute atomic E-state index is 0.258. The van der Waals surface area contributed by atoms with Crippen LogP contribution in [0.5, 0.6) is 11.6 Å². The van der Waals surface area contributed by atoms with Gasteiger partial charge in [-0.15, -0.1) is 0 Å². The molecule has 0 aliphatic carbocycles. The van der Waals surface area contributed by atoms with Crippen LogP contribution >= 0.6 is 0 Å². The van der Waals surface area contributed by atoms with Gasteiger partial charge < -0.3 is 9.47 Å². The third-order valence-corrected chi connectivity index (χ3v) is 1.05. The number of fused-ring (bicyclic) bond motifs is 1. The second-order valence-electron chi connectivity index (χ2n) is 1.60. The van der Waals surface area contributed by atoms with Crippen molar-refractivity contribution >= 4 is 0 Å². The molecule has 9 heavy (non-hydrogen) atoms. The zero-order valence-electron chi connectivity index (χ0n) is 4.57. The second kappa shape index (κ2) is 1.58. The summed E-state index contributed by atoms with van der Waals surface area (Å²) in [6, 6.07) is 0. The average Bonchev–Trinajstić information content (AvgIpc) is 2.33. The van der Waals surface area contributed by atoms with E-state index >= 15 is 0 Å². The van der Waals surface area contributed by atoms with Gasteiger partial charge in [-0.2, -0.15) is 4.98 Å². The van der Waals surface area contributed by atoms with Gasteiger partial charge in [0.25, 0.3) is 5.88 Å². The minimum Gasteiger partial charge on any atom is -0.450 e. The topological polar surface area (TPSA) is 44.2 Å². The Labute approximate surface area is 51.5 Å². The van der Waals surface area contributed by atoms with Gasteiger partial charge in [0.2, 0.25) is 12.5 Å². The third kappa shape index (κ3) is 0.595. The minimum atomic E-state index is 0.258. The van der Waals surface area contributed by atoms with E-state index in [0.29, 0.717) is 11.6 Å². The summed E-state index contributed by atoms with van der Waals surface area (Å²) in [5, 5.41) is 0. The summed E-state index contributed by atoms with van der Waals surface area (Å²) in [4.78, 5) is 7.54. The third-order valence-electron chi connectivity index (χ3n) is 1.05. The summed E-state index contributed by atoms with van der Waals surface area (Å²) < 4.78 is 9.88. The number of hydrogen-bond donors (Lipinski definition) is 0. The van der Waals surface area contributed by atoms with E-state index in [9.17, 15) is 0 Å². The predicted octanol–water partition coefficient (Wildman–Crippen LogP) is 0.205. The van der Waals surface area contributed by atoms with E-state index in [1.54, 1.807) is 6.20 Å². The van der Waals surface area contributed by atoms with Crippen molar-refractivity contribution in [2.24, 2.45) is 0 Å². The van der Waals surface area contributed by atoms with E-state index in [-0.39, 0.29) is 6.79 Å². The lowest BCUT2D eigenvalue weighted by molar-refractivity contribution is 0.171. The molecule has 0 saturated carbocycles. The fraction of sp³-hybridized carbons (Fsp3) is 0.200. The molecule has 0 N–H and O–H groups in total. The van der Waals surface area contributed by atoms with Crippen LogP contribution in [0.15, 0.2) is 12.5 Å². The Morgan fingerprint density at radius 1 is 1.44 bits per heavy atom. The molecule has 0 aromatic carbocycles. The van der Waals surface area contributed by atoms with E-state index in [1.807, 2.05) is 0 Å². The first-order chi connectivity index (χ1) is 4.47. The van der Waals surface area contributed by atoms with Gasteiger partial charge in [-0.25, -0.2) is 4.98 Å². The number of ether oxygens (including phenoxy) is 2. The van der Waals surface area contributed by atoms with Gasteiger partial charge in [-0.1, -0.05) is 0 Å².